The van der Waals surface area contributed by atoms with Crippen molar-refractivity contribution in [2.24, 2.45) is 0 Å². The maximum absolute atomic E-state index is 13.5. The number of rotatable bonds is 10. The number of imidazole rings is 1. The molecule has 35 heavy (non-hydrogen) atoms. The second-order valence-corrected chi connectivity index (χ2v) is 11.1. The van der Waals surface area contributed by atoms with Crippen molar-refractivity contribution in [1.29, 1.82) is 0 Å². The van der Waals surface area contributed by atoms with E-state index in [4.69, 9.17) is 0 Å². The van der Waals surface area contributed by atoms with Crippen molar-refractivity contribution >= 4 is 27.1 Å². The smallest absolute Gasteiger partial charge is 0.264 e. The average molecular weight is 506 g/mol. The molecule has 0 aliphatic carbocycles. The van der Waals surface area contributed by atoms with E-state index in [1.807, 2.05) is 73.0 Å². The Hall–Kier alpha value is -3.49. The lowest BCUT2D eigenvalue weighted by Gasteiger charge is -2.22. The van der Waals surface area contributed by atoms with Crippen LogP contribution in [0.3, 0.4) is 0 Å². The largest absolute Gasteiger partial charge is 0.328 e. The number of amides is 1. The van der Waals surface area contributed by atoms with Gasteiger partial charge in [-0.15, -0.1) is 17.9 Å². The Kier molecular flexibility index (Phi) is 7.63. The topological polar surface area (TPSA) is 72.3 Å². The molecule has 0 aliphatic rings. The van der Waals surface area contributed by atoms with Crippen LogP contribution in [-0.4, -0.2) is 35.3 Å². The molecule has 0 atom stereocenters. The first-order valence-electron chi connectivity index (χ1n) is 11.2. The summed E-state index contributed by atoms with van der Waals surface area (Å²) in [4.78, 5) is 19.7. The minimum atomic E-state index is -3.75. The molecule has 0 aliphatic heterocycles. The summed E-state index contributed by atoms with van der Waals surface area (Å²) in [5.74, 6) is -0.272. The average Bonchev–Trinajstić information content (AvgIpc) is 3.52. The van der Waals surface area contributed by atoms with Crippen LogP contribution in [0.4, 0.5) is 0 Å². The van der Waals surface area contributed by atoms with Crippen LogP contribution in [-0.2, 0) is 28.7 Å². The van der Waals surface area contributed by atoms with Crippen molar-refractivity contribution in [2.45, 2.75) is 30.9 Å². The summed E-state index contributed by atoms with van der Waals surface area (Å²) in [6.45, 7) is 6.56. The third kappa shape index (κ3) is 5.78. The number of aromatic nitrogens is 2. The molecule has 2 aromatic carbocycles. The molecule has 180 valence electrons. The lowest BCUT2D eigenvalue weighted by Crippen LogP contribution is -2.31. The summed E-state index contributed by atoms with van der Waals surface area (Å²) in [5.41, 5.74) is 3.24. The van der Waals surface area contributed by atoms with E-state index < -0.39 is 9.84 Å². The standard InChI is InChI=1S/C27H27N3O3S2/c1-3-15-29(26(31)25-14-9-16-34-25)19-24-17-28-27(30(24)18-22-11-5-4-6-12-22)35(32,33)20-23-13-8-7-10-21(23)2/h3-14,16-17H,1,15,18-20H2,2H3. The zero-order chi connectivity index (χ0) is 24.8. The number of benzene rings is 2. The van der Waals surface area contributed by atoms with E-state index in [1.54, 1.807) is 27.8 Å². The molecule has 4 rings (SSSR count). The Morgan fingerprint density at radius 2 is 1.83 bits per heavy atom. The molecule has 1 amide bonds. The molecule has 0 radical (unpaired) electrons. The fraction of sp³-hybridized carbons (Fsp3) is 0.185. The molecule has 0 N–H and O–H groups in total. The summed E-state index contributed by atoms with van der Waals surface area (Å²) in [5, 5.41) is 1.86. The maximum atomic E-state index is 13.5. The number of aryl methyl sites for hydroxylation is 1. The SMILES string of the molecule is C=CCN(Cc1cnc(S(=O)(=O)Cc2ccccc2C)n1Cc1ccccc1)C(=O)c1cccs1. The third-order valence-electron chi connectivity index (χ3n) is 5.69. The summed E-state index contributed by atoms with van der Waals surface area (Å²) in [6.07, 6.45) is 3.23. The van der Waals surface area contributed by atoms with E-state index in [0.717, 1.165) is 16.7 Å². The number of nitrogens with zero attached hydrogens (tertiary/aromatic N) is 3. The van der Waals surface area contributed by atoms with Crippen molar-refractivity contribution in [2.75, 3.05) is 6.54 Å². The minimum absolute atomic E-state index is 0.00160. The Morgan fingerprint density at radius 1 is 1.09 bits per heavy atom. The lowest BCUT2D eigenvalue weighted by molar-refractivity contribution is 0.0764. The van der Waals surface area contributed by atoms with E-state index in [0.29, 0.717) is 23.7 Å². The predicted octanol–water partition coefficient (Wildman–Crippen LogP) is 5.10. The molecule has 2 heterocycles. The van der Waals surface area contributed by atoms with E-state index in [2.05, 4.69) is 11.6 Å². The van der Waals surface area contributed by atoms with Gasteiger partial charge in [0.05, 0.1) is 35.6 Å². The van der Waals surface area contributed by atoms with Gasteiger partial charge in [-0.2, -0.15) is 0 Å². The zero-order valence-electron chi connectivity index (χ0n) is 19.5. The van der Waals surface area contributed by atoms with Gasteiger partial charge in [-0.1, -0.05) is 66.7 Å². The van der Waals surface area contributed by atoms with Crippen molar-refractivity contribution in [3.05, 3.63) is 118 Å². The Labute approximate surface area is 210 Å². The molecule has 0 saturated carbocycles. The van der Waals surface area contributed by atoms with Crippen LogP contribution in [0, 0.1) is 6.92 Å². The van der Waals surface area contributed by atoms with Gasteiger partial charge in [0, 0.05) is 6.54 Å². The van der Waals surface area contributed by atoms with Gasteiger partial charge < -0.3 is 9.47 Å². The van der Waals surface area contributed by atoms with Crippen LogP contribution in [0.25, 0.3) is 0 Å². The fourth-order valence-corrected chi connectivity index (χ4v) is 6.15. The van der Waals surface area contributed by atoms with Crippen molar-refractivity contribution in [3.8, 4) is 0 Å². The van der Waals surface area contributed by atoms with Crippen LogP contribution in [0.15, 0.2) is 96.1 Å². The highest BCUT2D eigenvalue weighted by Gasteiger charge is 2.26. The molecule has 0 unspecified atom stereocenters. The lowest BCUT2D eigenvalue weighted by atomic mass is 10.1. The first-order chi connectivity index (χ1) is 16.9. The minimum Gasteiger partial charge on any atom is -0.328 e. The summed E-state index contributed by atoms with van der Waals surface area (Å²) < 4.78 is 28.8. The van der Waals surface area contributed by atoms with E-state index >= 15 is 0 Å². The van der Waals surface area contributed by atoms with Gasteiger partial charge in [-0.25, -0.2) is 13.4 Å². The van der Waals surface area contributed by atoms with Gasteiger partial charge >= 0.3 is 0 Å². The summed E-state index contributed by atoms with van der Waals surface area (Å²) in [7, 11) is -3.75. The Morgan fingerprint density at radius 3 is 2.51 bits per heavy atom. The zero-order valence-corrected chi connectivity index (χ0v) is 21.1. The highest BCUT2D eigenvalue weighted by Crippen LogP contribution is 2.22. The predicted molar refractivity (Wildman–Crippen MR) is 139 cm³/mol. The Bertz CT molecular complexity index is 1410. The number of sulfone groups is 1. The molecule has 8 heteroatoms. The molecular formula is C27H27N3O3S2. The quantitative estimate of drug-likeness (QED) is 0.281. The number of carbonyl (C=O) groups is 1. The highest BCUT2D eigenvalue weighted by molar-refractivity contribution is 7.90. The second kappa shape index (κ2) is 10.8. The first kappa shape index (κ1) is 24.6. The number of hydrogen-bond donors (Lipinski definition) is 0. The molecule has 0 bridgehead atoms. The van der Waals surface area contributed by atoms with Crippen LogP contribution in [0.2, 0.25) is 0 Å². The van der Waals surface area contributed by atoms with Crippen molar-refractivity contribution in [1.82, 2.24) is 14.5 Å². The molecule has 0 saturated heterocycles. The van der Waals surface area contributed by atoms with Crippen molar-refractivity contribution < 1.29 is 13.2 Å². The van der Waals surface area contributed by atoms with Crippen LogP contribution >= 0.6 is 11.3 Å². The van der Waals surface area contributed by atoms with E-state index in [1.165, 1.54) is 11.3 Å². The van der Waals surface area contributed by atoms with Crippen LogP contribution < -0.4 is 0 Å². The second-order valence-electron chi connectivity index (χ2n) is 8.24. The van der Waals surface area contributed by atoms with Gasteiger partial charge in [0.25, 0.3) is 5.91 Å². The number of carbonyl (C=O) groups excluding carboxylic acids is 1. The van der Waals surface area contributed by atoms with E-state index in [-0.39, 0.29) is 23.4 Å². The fourth-order valence-electron chi connectivity index (χ4n) is 3.87. The van der Waals surface area contributed by atoms with Crippen LogP contribution in [0.1, 0.15) is 32.1 Å². The molecule has 2 aromatic heterocycles. The summed E-state index contributed by atoms with van der Waals surface area (Å²) >= 11 is 1.37. The molecular weight excluding hydrogens is 478 g/mol. The van der Waals surface area contributed by atoms with Crippen molar-refractivity contribution in [3.63, 3.8) is 0 Å². The van der Waals surface area contributed by atoms with E-state index in [9.17, 15) is 13.2 Å². The normalized spacial score (nSPS) is 11.3. The molecule has 0 fully saturated rings. The van der Waals surface area contributed by atoms with Gasteiger partial charge in [0.15, 0.2) is 0 Å². The first-order valence-corrected chi connectivity index (χ1v) is 13.7. The van der Waals surface area contributed by atoms with Gasteiger partial charge in [0.2, 0.25) is 15.0 Å². The highest BCUT2D eigenvalue weighted by atomic mass is 32.2. The van der Waals surface area contributed by atoms with Gasteiger partial charge in [-0.3, -0.25) is 4.79 Å². The summed E-state index contributed by atoms with van der Waals surface area (Å²) in [6, 6.07) is 20.7. The molecule has 4 aromatic rings. The molecule has 6 nitrogen and oxygen atoms in total. The third-order valence-corrected chi connectivity index (χ3v) is 8.12. The molecule has 0 spiro atoms. The van der Waals surface area contributed by atoms with Crippen LogP contribution in [0.5, 0.6) is 0 Å². The Balaban J connectivity index is 1.72. The maximum Gasteiger partial charge on any atom is 0.264 e. The van der Waals surface area contributed by atoms with Gasteiger partial charge in [0.1, 0.15) is 0 Å². The number of thiophene rings is 1. The monoisotopic (exact) mass is 505 g/mol. The van der Waals surface area contributed by atoms with Gasteiger partial charge in [-0.05, 0) is 35.1 Å². The number of hydrogen-bond acceptors (Lipinski definition) is 5.